The molecule has 90 valence electrons. The molecule has 0 saturated carbocycles. The lowest BCUT2D eigenvalue weighted by molar-refractivity contribution is -0.180. The third-order valence-corrected chi connectivity index (χ3v) is 1.59. The van der Waals surface area contributed by atoms with E-state index < -0.39 is 17.5 Å². The van der Waals surface area contributed by atoms with E-state index in [0.717, 1.165) is 0 Å². The molecule has 4 heteroatoms. The van der Waals surface area contributed by atoms with E-state index in [9.17, 15) is 9.59 Å². The Morgan fingerprint density at radius 3 is 2.07 bits per heavy atom. The van der Waals surface area contributed by atoms with E-state index in [4.69, 9.17) is 9.47 Å². The number of carbonyl (C=O) groups excluding carboxylic acids is 2. The van der Waals surface area contributed by atoms with E-state index in [0.29, 0.717) is 0 Å². The normalized spacial score (nSPS) is 10.5. The van der Waals surface area contributed by atoms with Crippen LogP contribution in [0.4, 0.5) is 0 Å². The Hall–Kier alpha value is -1.06. The molecule has 15 heavy (non-hydrogen) atoms. The van der Waals surface area contributed by atoms with Gasteiger partial charge in [0.05, 0.1) is 12.5 Å². The Labute approximate surface area is 91.9 Å². The van der Waals surface area contributed by atoms with Crippen LogP contribution in [0, 0.1) is 5.92 Å². The first kappa shape index (κ1) is 16.4. The molecule has 0 atom stereocenters. The quantitative estimate of drug-likeness (QED) is 0.678. The van der Waals surface area contributed by atoms with Gasteiger partial charge in [-0.15, -0.1) is 0 Å². The van der Waals surface area contributed by atoms with Crippen molar-refractivity contribution in [1.82, 2.24) is 0 Å². The molecule has 0 aliphatic heterocycles. The zero-order valence-corrected chi connectivity index (χ0v) is 9.42. The molecular weight excluding hydrogens is 196 g/mol. The van der Waals surface area contributed by atoms with Gasteiger partial charge in [-0.3, -0.25) is 4.79 Å². The highest BCUT2D eigenvalue weighted by Crippen LogP contribution is 2.14. The van der Waals surface area contributed by atoms with E-state index >= 15 is 0 Å². The Kier molecular flexibility index (Phi) is 7.02. The van der Waals surface area contributed by atoms with Crippen molar-refractivity contribution in [2.45, 2.75) is 47.6 Å². The van der Waals surface area contributed by atoms with Crippen molar-refractivity contribution in [2.24, 2.45) is 5.92 Å². The number of esters is 2. The van der Waals surface area contributed by atoms with Crippen molar-refractivity contribution < 1.29 is 19.1 Å². The highest BCUT2D eigenvalue weighted by atomic mass is 16.6. The number of ether oxygens (including phenoxy) is 2. The number of hydrogen-bond donors (Lipinski definition) is 0. The topological polar surface area (TPSA) is 52.6 Å². The molecule has 0 saturated heterocycles. The van der Waals surface area contributed by atoms with Gasteiger partial charge in [0.15, 0.2) is 0 Å². The van der Waals surface area contributed by atoms with Crippen LogP contribution in [0.2, 0.25) is 0 Å². The molecule has 0 aliphatic carbocycles. The summed E-state index contributed by atoms with van der Waals surface area (Å²) in [5, 5.41) is 0. The lowest BCUT2D eigenvalue weighted by Crippen LogP contribution is -2.39. The third-order valence-electron chi connectivity index (χ3n) is 1.59. The van der Waals surface area contributed by atoms with Gasteiger partial charge in [0.2, 0.25) is 5.60 Å². The summed E-state index contributed by atoms with van der Waals surface area (Å²) in [6.07, 6.45) is 0. The molecule has 0 unspecified atom stereocenters. The predicted molar refractivity (Wildman–Crippen MR) is 58.4 cm³/mol. The lowest BCUT2D eigenvalue weighted by atomic mass is 10.1. The zero-order valence-electron chi connectivity index (χ0n) is 9.42. The molecule has 0 aliphatic rings. The molecule has 0 amide bonds. The van der Waals surface area contributed by atoms with Crippen molar-refractivity contribution in [3.63, 3.8) is 0 Å². The standard InChI is InChI=1S/C10H18O4.CH4/c1-6-13-9(12)10(4,5)14-8(11)7(2)3;/h7H,6H2,1-5H3;1H4. The number of carbonyl (C=O) groups is 2. The minimum Gasteiger partial charge on any atom is -0.463 e. The molecule has 0 rings (SSSR count). The predicted octanol–water partition coefficient (Wildman–Crippen LogP) is 2.16. The van der Waals surface area contributed by atoms with Crippen LogP contribution >= 0.6 is 0 Å². The summed E-state index contributed by atoms with van der Waals surface area (Å²) in [5.41, 5.74) is -1.20. The molecular formula is C11H22O4. The fraction of sp³-hybridized carbons (Fsp3) is 0.818. The largest absolute Gasteiger partial charge is 0.463 e. The van der Waals surface area contributed by atoms with Crippen LogP contribution in [0.3, 0.4) is 0 Å². The van der Waals surface area contributed by atoms with Crippen molar-refractivity contribution >= 4 is 11.9 Å². The van der Waals surface area contributed by atoms with Crippen LogP contribution in [-0.2, 0) is 19.1 Å². The van der Waals surface area contributed by atoms with Gasteiger partial charge in [0, 0.05) is 0 Å². The molecule has 0 fully saturated rings. The lowest BCUT2D eigenvalue weighted by Gasteiger charge is -2.23. The second kappa shape index (κ2) is 6.43. The molecule has 0 aromatic carbocycles. The Morgan fingerprint density at radius 2 is 1.73 bits per heavy atom. The minimum absolute atomic E-state index is 0. The van der Waals surface area contributed by atoms with Gasteiger partial charge in [-0.05, 0) is 20.8 Å². The summed E-state index contributed by atoms with van der Waals surface area (Å²) in [6, 6.07) is 0. The summed E-state index contributed by atoms with van der Waals surface area (Å²) in [5.74, 6) is -1.17. The first-order chi connectivity index (χ1) is 6.31. The minimum atomic E-state index is -1.20. The monoisotopic (exact) mass is 218 g/mol. The van der Waals surface area contributed by atoms with Gasteiger partial charge in [-0.25, -0.2) is 4.79 Å². The van der Waals surface area contributed by atoms with Crippen LogP contribution < -0.4 is 0 Å². The van der Waals surface area contributed by atoms with Crippen molar-refractivity contribution in [2.75, 3.05) is 6.61 Å². The maximum absolute atomic E-state index is 11.3. The number of rotatable bonds is 4. The van der Waals surface area contributed by atoms with Gasteiger partial charge in [-0.2, -0.15) is 0 Å². The van der Waals surface area contributed by atoms with Gasteiger partial charge in [-0.1, -0.05) is 21.3 Å². The first-order valence-corrected chi connectivity index (χ1v) is 4.71. The summed E-state index contributed by atoms with van der Waals surface area (Å²) in [4.78, 5) is 22.6. The second-order valence-corrected chi connectivity index (χ2v) is 3.81. The van der Waals surface area contributed by atoms with Gasteiger partial charge >= 0.3 is 11.9 Å². The average Bonchev–Trinajstić information content (AvgIpc) is 2.03. The van der Waals surface area contributed by atoms with E-state index in [2.05, 4.69) is 0 Å². The number of hydrogen-bond acceptors (Lipinski definition) is 4. The first-order valence-electron chi connectivity index (χ1n) is 4.71. The van der Waals surface area contributed by atoms with E-state index in [1.165, 1.54) is 13.8 Å². The highest BCUT2D eigenvalue weighted by Gasteiger charge is 2.34. The highest BCUT2D eigenvalue weighted by molar-refractivity contribution is 5.83. The maximum atomic E-state index is 11.3. The molecule has 0 radical (unpaired) electrons. The SMILES string of the molecule is C.CCOC(=O)C(C)(C)OC(=O)C(C)C. The van der Waals surface area contributed by atoms with Crippen LogP contribution in [0.25, 0.3) is 0 Å². The zero-order chi connectivity index (χ0) is 11.4. The molecule has 0 heterocycles. The molecule has 0 aromatic rings. The van der Waals surface area contributed by atoms with E-state index in [-0.39, 0.29) is 20.0 Å². The summed E-state index contributed by atoms with van der Waals surface area (Å²) in [7, 11) is 0. The van der Waals surface area contributed by atoms with Crippen LogP contribution in [0.15, 0.2) is 0 Å². The fourth-order valence-electron chi connectivity index (χ4n) is 0.716. The summed E-state index contributed by atoms with van der Waals surface area (Å²) < 4.78 is 9.77. The molecule has 0 aromatic heterocycles. The molecule has 0 N–H and O–H groups in total. The third kappa shape index (κ3) is 5.40. The Bertz CT molecular complexity index is 219. The molecule has 0 spiro atoms. The van der Waals surface area contributed by atoms with Crippen LogP contribution in [0.5, 0.6) is 0 Å². The summed E-state index contributed by atoms with van der Waals surface area (Å²) in [6.45, 7) is 8.45. The smallest absolute Gasteiger partial charge is 0.349 e. The Balaban J connectivity index is 0. The van der Waals surface area contributed by atoms with Crippen molar-refractivity contribution in [3.05, 3.63) is 0 Å². The van der Waals surface area contributed by atoms with Crippen molar-refractivity contribution in [1.29, 1.82) is 0 Å². The second-order valence-electron chi connectivity index (χ2n) is 3.81. The van der Waals surface area contributed by atoms with Gasteiger partial charge in [0.25, 0.3) is 0 Å². The van der Waals surface area contributed by atoms with Crippen molar-refractivity contribution in [3.8, 4) is 0 Å². The van der Waals surface area contributed by atoms with Crippen LogP contribution in [-0.4, -0.2) is 24.1 Å². The Morgan fingerprint density at radius 1 is 1.27 bits per heavy atom. The summed E-state index contributed by atoms with van der Waals surface area (Å²) >= 11 is 0. The average molecular weight is 218 g/mol. The van der Waals surface area contributed by atoms with Gasteiger partial charge < -0.3 is 9.47 Å². The maximum Gasteiger partial charge on any atom is 0.349 e. The van der Waals surface area contributed by atoms with Crippen LogP contribution in [0.1, 0.15) is 42.0 Å². The van der Waals surface area contributed by atoms with E-state index in [1.54, 1.807) is 20.8 Å². The molecule has 0 bridgehead atoms. The van der Waals surface area contributed by atoms with Gasteiger partial charge in [0.1, 0.15) is 0 Å². The fourth-order valence-corrected chi connectivity index (χ4v) is 0.716. The molecule has 4 nitrogen and oxygen atoms in total. The van der Waals surface area contributed by atoms with E-state index in [1.807, 2.05) is 0 Å².